The summed E-state index contributed by atoms with van der Waals surface area (Å²) in [4.78, 5) is 27.5. The van der Waals surface area contributed by atoms with Gasteiger partial charge in [0.1, 0.15) is 0 Å². The van der Waals surface area contributed by atoms with E-state index in [9.17, 15) is 9.59 Å². The average molecular weight is 275 g/mol. The maximum Gasteiger partial charge on any atom is 0.312 e. The molecule has 108 valence electrons. The van der Waals surface area contributed by atoms with Crippen LogP contribution in [-0.4, -0.2) is 54.8 Å². The van der Waals surface area contributed by atoms with E-state index >= 15 is 0 Å². The summed E-state index contributed by atoms with van der Waals surface area (Å²) in [6.07, 6.45) is 0.890. The zero-order valence-corrected chi connectivity index (χ0v) is 11.8. The zero-order chi connectivity index (χ0) is 14.4. The van der Waals surface area contributed by atoms with Crippen LogP contribution >= 0.6 is 0 Å². The van der Waals surface area contributed by atoms with Crippen LogP contribution < -0.4 is 5.32 Å². The van der Waals surface area contributed by atoms with Crippen molar-refractivity contribution in [3.63, 3.8) is 0 Å². The maximum absolute atomic E-state index is 12.2. The number of amides is 2. The van der Waals surface area contributed by atoms with E-state index in [0.29, 0.717) is 19.6 Å². The Hall–Kier alpha value is -1.88. The van der Waals surface area contributed by atoms with Crippen molar-refractivity contribution in [3.05, 3.63) is 35.9 Å². The van der Waals surface area contributed by atoms with Gasteiger partial charge in [-0.25, -0.2) is 0 Å². The fraction of sp³-hybridized carbons (Fsp3) is 0.467. The van der Waals surface area contributed by atoms with Crippen molar-refractivity contribution < 1.29 is 9.59 Å². The molecule has 1 saturated heterocycles. The van der Waals surface area contributed by atoms with E-state index in [0.717, 1.165) is 25.1 Å². The first-order valence-electron chi connectivity index (χ1n) is 6.97. The van der Waals surface area contributed by atoms with Crippen molar-refractivity contribution in [1.82, 2.24) is 15.1 Å². The molecule has 1 heterocycles. The largest absolute Gasteiger partial charge is 0.333 e. The fourth-order valence-electron chi connectivity index (χ4n) is 2.28. The summed E-state index contributed by atoms with van der Waals surface area (Å²) in [5.41, 5.74) is 1.02. The number of nitrogens with zero attached hydrogens (tertiary/aromatic N) is 2. The minimum Gasteiger partial charge on any atom is -0.333 e. The van der Waals surface area contributed by atoms with Crippen LogP contribution in [0, 0.1) is 0 Å². The Balaban J connectivity index is 1.93. The van der Waals surface area contributed by atoms with Gasteiger partial charge in [-0.2, -0.15) is 0 Å². The highest BCUT2D eigenvalue weighted by Gasteiger charge is 2.25. The molecule has 1 aromatic carbocycles. The van der Waals surface area contributed by atoms with E-state index < -0.39 is 11.8 Å². The van der Waals surface area contributed by atoms with Gasteiger partial charge < -0.3 is 15.1 Å². The van der Waals surface area contributed by atoms with Gasteiger partial charge in [-0.05, 0) is 18.5 Å². The summed E-state index contributed by atoms with van der Waals surface area (Å²) >= 11 is 0. The maximum atomic E-state index is 12.2. The minimum atomic E-state index is -0.434. The molecule has 0 spiro atoms. The second kappa shape index (κ2) is 7.05. The van der Waals surface area contributed by atoms with E-state index in [-0.39, 0.29) is 0 Å². The second-order valence-corrected chi connectivity index (χ2v) is 5.04. The highest BCUT2D eigenvalue weighted by Crippen LogP contribution is 2.05. The van der Waals surface area contributed by atoms with Crippen LogP contribution in [0.15, 0.2) is 30.3 Å². The summed E-state index contributed by atoms with van der Waals surface area (Å²) in [5, 5.41) is 3.22. The first-order valence-corrected chi connectivity index (χ1v) is 6.97. The number of likely N-dealkylation sites (N-methyl/N-ethyl adjacent to an activating group) is 1. The van der Waals surface area contributed by atoms with Crippen LogP contribution in [0.4, 0.5) is 0 Å². The van der Waals surface area contributed by atoms with Crippen molar-refractivity contribution in [2.45, 2.75) is 13.0 Å². The molecule has 1 aromatic rings. The van der Waals surface area contributed by atoms with Crippen LogP contribution in [0.5, 0.6) is 0 Å². The molecular weight excluding hydrogens is 254 g/mol. The third kappa shape index (κ3) is 3.81. The Labute approximate surface area is 119 Å². The van der Waals surface area contributed by atoms with Gasteiger partial charge >= 0.3 is 11.8 Å². The van der Waals surface area contributed by atoms with E-state index in [4.69, 9.17) is 0 Å². The van der Waals surface area contributed by atoms with Gasteiger partial charge in [-0.3, -0.25) is 9.59 Å². The van der Waals surface area contributed by atoms with Crippen molar-refractivity contribution in [2.24, 2.45) is 0 Å². The normalized spacial score (nSPS) is 15.6. The van der Waals surface area contributed by atoms with Gasteiger partial charge in [0.2, 0.25) is 0 Å². The molecule has 0 aromatic heterocycles. The van der Waals surface area contributed by atoms with Crippen molar-refractivity contribution in [3.8, 4) is 0 Å². The van der Waals surface area contributed by atoms with Crippen LogP contribution in [0.25, 0.3) is 0 Å². The monoisotopic (exact) mass is 275 g/mol. The highest BCUT2D eigenvalue weighted by molar-refractivity contribution is 6.34. The lowest BCUT2D eigenvalue weighted by atomic mass is 10.2. The number of carbonyl (C=O) groups is 2. The number of rotatable bonds is 2. The Morgan fingerprint density at radius 2 is 1.95 bits per heavy atom. The van der Waals surface area contributed by atoms with Crippen LogP contribution in [0.3, 0.4) is 0 Å². The Kier molecular flexibility index (Phi) is 5.12. The lowest BCUT2D eigenvalue weighted by Gasteiger charge is -2.23. The van der Waals surface area contributed by atoms with Gasteiger partial charge in [-0.15, -0.1) is 0 Å². The molecule has 5 nitrogen and oxygen atoms in total. The fourth-order valence-corrected chi connectivity index (χ4v) is 2.28. The summed E-state index contributed by atoms with van der Waals surface area (Å²) in [7, 11) is 1.67. The van der Waals surface area contributed by atoms with Crippen LogP contribution in [-0.2, 0) is 16.1 Å². The summed E-state index contributed by atoms with van der Waals surface area (Å²) in [5.74, 6) is -0.831. The zero-order valence-electron chi connectivity index (χ0n) is 11.8. The first kappa shape index (κ1) is 14.5. The number of hydrogen-bond donors (Lipinski definition) is 1. The third-order valence-electron chi connectivity index (χ3n) is 3.42. The number of benzene rings is 1. The molecule has 0 saturated carbocycles. The Morgan fingerprint density at radius 3 is 2.70 bits per heavy atom. The highest BCUT2D eigenvalue weighted by atomic mass is 16.2. The quantitative estimate of drug-likeness (QED) is 0.798. The Morgan fingerprint density at radius 1 is 1.20 bits per heavy atom. The number of nitrogens with one attached hydrogen (secondary N) is 1. The van der Waals surface area contributed by atoms with Gasteiger partial charge in [-0.1, -0.05) is 30.3 Å². The van der Waals surface area contributed by atoms with Gasteiger partial charge in [0.05, 0.1) is 0 Å². The topological polar surface area (TPSA) is 52.7 Å². The molecule has 5 heteroatoms. The lowest BCUT2D eigenvalue weighted by Crippen LogP contribution is -2.44. The van der Waals surface area contributed by atoms with E-state index in [1.807, 2.05) is 30.3 Å². The molecule has 1 fully saturated rings. The Bertz CT molecular complexity index is 453. The molecule has 1 N–H and O–H groups in total. The average Bonchev–Trinajstić information content (AvgIpc) is 2.75. The van der Waals surface area contributed by atoms with Crippen molar-refractivity contribution >= 4 is 11.8 Å². The molecule has 0 atom stereocenters. The predicted octanol–water partition coefficient (Wildman–Crippen LogP) is 0.467. The standard InChI is InChI=1S/C15H21N3O2/c1-17(12-13-6-3-2-4-7-13)14(19)15(20)18-10-5-8-16-9-11-18/h2-4,6-7,16H,5,8-12H2,1H3. The van der Waals surface area contributed by atoms with Crippen molar-refractivity contribution in [1.29, 1.82) is 0 Å². The predicted molar refractivity (Wildman–Crippen MR) is 77.0 cm³/mol. The van der Waals surface area contributed by atoms with E-state index in [1.165, 1.54) is 4.90 Å². The van der Waals surface area contributed by atoms with Crippen molar-refractivity contribution in [2.75, 3.05) is 33.2 Å². The summed E-state index contributed by atoms with van der Waals surface area (Å²) < 4.78 is 0. The molecule has 0 aliphatic carbocycles. The van der Waals surface area contributed by atoms with Gasteiger partial charge in [0.15, 0.2) is 0 Å². The molecular formula is C15H21N3O2. The molecule has 2 amide bonds. The third-order valence-corrected chi connectivity index (χ3v) is 3.42. The smallest absolute Gasteiger partial charge is 0.312 e. The molecule has 1 aliphatic heterocycles. The molecule has 1 aliphatic rings. The van der Waals surface area contributed by atoms with Crippen LogP contribution in [0.2, 0.25) is 0 Å². The van der Waals surface area contributed by atoms with Crippen LogP contribution in [0.1, 0.15) is 12.0 Å². The van der Waals surface area contributed by atoms with E-state index in [2.05, 4.69) is 5.32 Å². The molecule has 2 rings (SSSR count). The molecule has 0 bridgehead atoms. The molecule has 20 heavy (non-hydrogen) atoms. The summed E-state index contributed by atoms with van der Waals surface area (Å²) in [6, 6.07) is 9.68. The second-order valence-electron chi connectivity index (χ2n) is 5.04. The number of hydrogen-bond acceptors (Lipinski definition) is 3. The SMILES string of the molecule is CN(Cc1ccccc1)C(=O)C(=O)N1CCCNCC1. The van der Waals surface area contributed by atoms with Gasteiger partial charge in [0, 0.05) is 33.2 Å². The molecule has 0 radical (unpaired) electrons. The lowest BCUT2D eigenvalue weighted by molar-refractivity contribution is -0.151. The summed E-state index contributed by atoms with van der Waals surface area (Å²) in [6.45, 7) is 3.36. The van der Waals surface area contributed by atoms with E-state index in [1.54, 1.807) is 11.9 Å². The molecule has 0 unspecified atom stereocenters. The first-order chi connectivity index (χ1) is 9.68. The minimum absolute atomic E-state index is 0.396. The number of carbonyl (C=O) groups excluding carboxylic acids is 2. The van der Waals surface area contributed by atoms with Gasteiger partial charge in [0.25, 0.3) is 0 Å².